The number of rotatable bonds is 6. The van der Waals surface area contributed by atoms with Crippen LogP contribution in [0.4, 0.5) is 0 Å². The Bertz CT molecular complexity index is 830. The van der Waals surface area contributed by atoms with Crippen LogP contribution < -0.4 is 4.74 Å². The van der Waals surface area contributed by atoms with E-state index in [0.29, 0.717) is 10.6 Å². The molecule has 1 unspecified atom stereocenters. The van der Waals surface area contributed by atoms with E-state index in [1.807, 2.05) is 66.7 Å². The average molecular weight is 369 g/mol. The lowest BCUT2D eigenvalue weighted by atomic mass is 10.0. The minimum Gasteiger partial charge on any atom is -0.497 e. The predicted molar refractivity (Wildman–Crippen MR) is 104 cm³/mol. The third-order valence-corrected chi connectivity index (χ3v) is 5.30. The quantitative estimate of drug-likeness (QED) is 0.390. The van der Waals surface area contributed by atoms with Gasteiger partial charge in [0, 0.05) is 15.5 Å². The highest BCUT2D eigenvalue weighted by Crippen LogP contribution is 2.38. The predicted octanol–water partition coefficient (Wildman–Crippen LogP) is 6.06. The van der Waals surface area contributed by atoms with Crippen molar-refractivity contribution in [2.75, 3.05) is 7.11 Å². The van der Waals surface area contributed by atoms with Gasteiger partial charge in [-0.2, -0.15) is 0 Å². The fourth-order valence-corrected chi connectivity index (χ4v) is 3.68. The molecule has 3 aromatic rings. The number of carbonyl (C=O) groups is 1. The molecule has 0 aliphatic heterocycles. The van der Waals surface area contributed by atoms with Gasteiger partial charge in [0.1, 0.15) is 5.75 Å². The monoisotopic (exact) mass is 368 g/mol. The molecule has 0 heterocycles. The first-order valence-electron chi connectivity index (χ1n) is 7.83. The molecule has 0 fully saturated rings. The van der Waals surface area contributed by atoms with Gasteiger partial charge in [-0.05, 0) is 54.1 Å². The van der Waals surface area contributed by atoms with Crippen molar-refractivity contribution in [3.05, 3.63) is 95.0 Å². The number of hydrogen-bond acceptors (Lipinski definition) is 3. The molecule has 3 aromatic carbocycles. The fraction of sp³-hybridized carbons (Fsp3) is 0.0952. The zero-order valence-corrected chi connectivity index (χ0v) is 15.3. The molecule has 126 valence electrons. The van der Waals surface area contributed by atoms with E-state index >= 15 is 0 Å². The first kappa shape index (κ1) is 17.6. The SMILES string of the molecule is COc1ccc(C(=O)C(Sc2ccc(Cl)cc2)c2ccccc2)cc1. The van der Waals surface area contributed by atoms with Gasteiger partial charge in [-0.3, -0.25) is 4.79 Å². The maximum atomic E-state index is 13.1. The second-order valence-corrected chi connectivity index (χ2v) is 7.07. The van der Waals surface area contributed by atoms with E-state index < -0.39 is 0 Å². The Morgan fingerprint density at radius 3 is 2.16 bits per heavy atom. The second-order valence-electron chi connectivity index (χ2n) is 5.46. The number of benzene rings is 3. The molecule has 0 bridgehead atoms. The number of thioether (sulfide) groups is 1. The highest BCUT2D eigenvalue weighted by Gasteiger charge is 2.23. The molecule has 1 atom stereocenters. The summed E-state index contributed by atoms with van der Waals surface area (Å²) >= 11 is 7.49. The van der Waals surface area contributed by atoms with E-state index in [2.05, 4.69) is 0 Å². The first-order chi connectivity index (χ1) is 12.2. The number of Topliss-reactive ketones (excluding diaryl/α,β-unsaturated/α-hetero) is 1. The van der Waals surface area contributed by atoms with Gasteiger partial charge in [-0.1, -0.05) is 41.9 Å². The van der Waals surface area contributed by atoms with E-state index in [0.717, 1.165) is 16.2 Å². The molecule has 2 nitrogen and oxygen atoms in total. The Labute approximate surface area is 156 Å². The van der Waals surface area contributed by atoms with E-state index in [4.69, 9.17) is 16.3 Å². The lowest BCUT2D eigenvalue weighted by molar-refractivity contribution is 0.0989. The summed E-state index contributed by atoms with van der Waals surface area (Å²) in [4.78, 5) is 14.1. The molecule has 25 heavy (non-hydrogen) atoms. The minimum atomic E-state index is -0.323. The van der Waals surface area contributed by atoms with Crippen molar-refractivity contribution < 1.29 is 9.53 Å². The van der Waals surface area contributed by atoms with Crippen LogP contribution in [0.25, 0.3) is 0 Å². The molecule has 0 radical (unpaired) electrons. The summed E-state index contributed by atoms with van der Waals surface area (Å²) in [6, 6.07) is 24.6. The van der Waals surface area contributed by atoms with Crippen molar-refractivity contribution in [1.29, 1.82) is 0 Å². The Kier molecular flexibility index (Phi) is 5.79. The lowest BCUT2D eigenvalue weighted by Gasteiger charge is -2.16. The summed E-state index contributed by atoms with van der Waals surface area (Å²) in [5.41, 5.74) is 1.64. The zero-order chi connectivity index (χ0) is 17.6. The van der Waals surface area contributed by atoms with Gasteiger partial charge in [-0.25, -0.2) is 0 Å². The number of hydrogen-bond donors (Lipinski definition) is 0. The van der Waals surface area contributed by atoms with E-state index in [-0.39, 0.29) is 11.0 Å². The van der Waals surface area contributed by atoms with Crippen LogP contribution in [0.5, 0.6) is 5.75 Å². The Morgan fingerprint density at radius 2 is 1.56 bits per heavy atom. The standard InChI is InChI=1S/C21H17ClO2S/c1-24-18-11-7-15(8-12-18)20(23)21(16-5-3-2-4-6-16)25-19-13-9-17(22)10-14-19/h2-14,21H,1H3. The zero-order valence-electron chi connectivity index (χ0n) is 13.7. The van der Waals surface area contributed by atoms with Crippen molar-refractivity contribution in [2.24, 2.45) is 0 Å². The van der Waals surface area contributed by atoms with Crippen LogP contribution in [0.3, 0.4) is 0 Å². The highest BCUT2D eigenvalue weighted by molar-refractivity contribution is 8.00. The average Bonchev–Trinajstić information content (AvgIpc) is 2.68. The smallest absolute Gasteiger partial charge is 0.180 e. The molecule has 0 saturated heterocycles. The summed E-state index contributed by atoms with van der Waals surface area (Å²) in [5, 5.41) is 0.359. The maximum Gasteiger partial charge on any atom is 0.180 e. The number of carbonyl (C=O) groups excluding carboxylic acids is 1. The van der Waals surface area contributed by atoms with Crippen LogP contribution in [0, 0.1) is 0 Å². The van der Waals surface area contributed by atoms with Gasteiger partial charge < -0.3 is 4.74 Å². The molecule has 0 saturated carbocycles. The van der Waals surface area contributed by atoms with Crippen molar-refractivity contribution >= 4 is 29.1 Å². The minimum absolute atomic E-state index is 0.0637. The van der Waals surface area contributed by atoms with Crippen LogP contribution in [0.2, 0.25) is 5.02 Å². The summed E-state index contributed by atoms with van der Waals surface area (Å²) in [5.74, 6) is 0.798. The Hall–Kier alpha value is -2.23. The Balaban J connectivity index is 1.92. The molecule has 3 rings (SSSR count). The van der Waals surface area contributed by atoms with Gasteiger partial charge in [0.2, 0.25) is 0 Å². The van der Waals surface area contributed by atoms with Gasteiger partial charge in [0.25, 0.3) is 0 Å². The van der Waals surface area contributed by atoms with Gasteiger partial charge in [0.05, 0.1) is 12.4 Å². The van der Waals surface area contributed by atoms with Crippen LogP contribution in [0.1, 0.15) is 21.2 Å². The van der Waals surface area contributed by atoms with E-state index in [1.54, 1.807) is 19.2 Å². The second kappa shape index (κ2) is 8.24. The number of halogens is 1. The lowest BCUT2D eigenvalue weighted by Crippen LogP contribution is -2.10. The molecule has 4 heteroatoms. The molecule has 0 spiro atoms. The molecular weight excluding hydrogens is 352 g/mol. The summed E-state index contributed by atoms with van der Waals surface area (Å²) < 4.78 is 5.17. The third-order valence-electron chi connectivity index (χ3n) is 3.78. The van der Waals surface area contributed by atoms with E-state index in [1.165, 1.54) is 11.8 Å². The summed E-state index contributed by atoms with van der Waals surface area (Å²) in [6.07, 6.45) is 0. The molecular formula is C21H17ClO2S. The number of ketones is 1. The van der Waals surface area contributed by atoms with Crippen LogP contribution in [-0.2, 0) is 0 Å². The molecule has 0 aromatic heterocycles. The topological polar surface area (TPSA) is 26.3 Å². The fourth-order valence-electron chi connectivity index (χ4n) is 2.46. The van der Waals surface area contributed by atoms with Gasteiger partial charge in [-0.15, -0.1) is 11.8 Å². The third kappa shape index (κ3) is 4.44. The number of methoxy groups -OCH3 is 1. The Morgan fingerprint density at radius 1 is 0.920 bits per heavy atom. The van der Waals surface area contributed by atoms with Gasteiger partial charge >= 0.3 is 0 Å². The van der Waals surface area contributed by atoms with Crippen molar-refractivity contribution in [1.82, 2.24) is 0 Å². The van der Waals surface area contributed by atoms with Crippen molar-refractivity contribution in [3.8, 4) is 5.75 Å². The largest absolute Gasteiger partial charge is 0.497 e. The summed E-state index contributed by atoms with van der Waals surface area (Å²) in [6.45, 7) is 0. The molecule has 0 aliphatic rings. The van der Waals surface area contributed by atoms with Crippen molar-refractivity contribution in [2.45, 2.75) is 10.1 Å². The normalized spacial score (nSPS) is 11.8. The number of ether oxygens (including phenoxy) is 1. The van der Waals surface area contributed by atoms with Crippen molar-refractivity contribution in [3.63, 3.8) is 0 Å². The molecule has 0 aliphatic carbocycles. The molecule has 0 N–H and O–H groups in total. The van der Waals surface area contributed by atoms with Crippen LogP contribution in [0.15, 0.2) is 83.8 Å². The van der Waals surface area contributed by atoms with Crippen LogP contribution >= 0.6 is 23.4 Å². The van der Waals surface area contributed by atoms with Gasteiger partial charge in [0.15, 0.2) is 5.78 Å². The van der Waals surface area contributed by atoms with E-state index in [9.17, 15) is 4.79 Å². The first-order valence-corrected chi connectivity index (χ1v) is 9.08. The molecule has 0 amide bonds. The summed E-state index contributed by atoms with van der Waals surface area (Å²) in [7, 11) is 1.61. The van der Waals surface area contributed by atoms with Crippen LogP contribution in [-0.4, -0.2) is 12.9 Å². The highest BCUT2D eigenvalue weighted by atomic mass is 35.5. The maximum absolute atomic E-state index is 13.1.